The third-order valence-electron chi connectivity index (χ3n) is 10.2. The van der Waals surface area contributed by atoms with E-state index in [0.29, 0.717) is 18.7 Å². The number of nitrogens with zero attached hydrogens (tertiary/aromatic N) is 3. The largest absolute Gasteiger partial charge is 0.344 e. The highest BCUT2D eigenvalue weighted by Crippen LogP contribution is 2.41. The number of halogens is 2. The molecule has 0 bridgehead atoms. The molecule has 1 heterocycles. The van der Waals surface area contributed by atoms with Gasteiger partial charge in [-0.25, -0.2) is 8.78 Å². The lowest BCUT2D eigenvalue weighted by atomic mass is 9.74. The lowest BCUT2D eigenvalue weighted by Gasteiger charge is -2.45. The predicted molar refractivity (Wildman–Crippen MR) is 184 cm³/mol. The van der Waals surface area contributed by atoms with E-state index in [9.17, 15) is 18.8 Å². The van der Waals surface area contributed by atoms with E-state index >= 15 is 4.39 Å². The Kier molecular flexibility index (Phi) is 12.4. The topological polar surface area (TPSA) is 73.0 Å². The van der Waals surface area contributed by atoms with Crippen LogP contribution in [0, 0.1) is 28.4 Å². The van der Waals surface area contributed by atoms with Crippen LogP contribution in [0.5, 0.6) is 0 Å². The molecule has 0 aromatic heterocycles. The molecule has 2 fully saturated rings. The molecule has 1 N–H and O–H groups in total. The first-order valence-electron chi connectivity index (χ1n) is 16.9. The molecule has 0 spiro atoms. The first-order valence-corrected chi connectivity index (χ1v) is 17.5. The van der Waals surface area contributed by atoms with Crippen LogP contribution in [0.3, 0.4) is 0 Å². The van der Waals surface area contributed by atoms with Crippen molar-refractivity contribution in [3.8, 4) is 0 Å². The van der Waals surface area contributed by atoms with Crippen LogP contribution in [0.1, 0.15) is 106 Å². The summed E-state index contributed by atoms with van der Waals surface area (Å²) in [6, 6.07) is 2.38. The van der Waals surface area contributed by atoms with Crippen molar-refractivity contribution >= 4 is 30.4 Å². The molecular weight excluding hydrogens is 606 g/mol. The molecule has 1 aliphatic heterocycles. The molecule has 4 atom stereocenters. The van der Waals surface area contributed by atoms with Crippen LogP contribution < -0.4 is 5.32 Å². The van der Waals surface area contributed by atoms with Crippen LogP contribution in [-0.4, -0.2) is 88.5 Å². The van der Waals surface area contributed by atoms with Gasteiger partial charge in [0.15, 0.2) is 0 Å². The van der Waals surface area contributed by atoms with Crippen LogP contribution in [0.2, 0.25) is 0 Å². The van der Waals surface area contributed by atoms with Gasteiger partial charge in [0.05, 0.1) is 11.5 Å². The van der Waals surface area contributed by atoms with E-state index in [1.54, 1.807) is 23.8 Å². The van der Waals surface area contributed by atoms with Gasteiger partial charge in [0.2, 0.25) is 17.7 Å². The van der Waals surface area contributed by atoms with Crippen molar-refractivity contribution in [3.63, 3.8) is 0 Å². The van der Waals surface area contributed by atoms with Gasteiger partial charge < -0.3 is 20.0 Å². The van der Waals surface area contributed by atoms with E-state index in [1.165, 1.54) is 12.1 Å². The Morgan fingerprint density at radius 1 is 1.09 bits per heavy atom. The molecule has 2 aliphatic rings. The van der Waals surface area contributed by atoms with E-state index in [2.05, 4.69) is 31.8 Å². The molecule has 260 valence electrons. The summed E-state index contributed by atoms with van der Waals surface area (Å²) in [5.74, 6) is -2.82. The molecular formula is C36H58F2N4O3S. The molecule has 46 heavy (non-hydrogen) atoms. The van der Waals surface area contributed by atoms with Gasteiger partial charge in [-0.3, -0.25) is 14.4 Å². The van der Waals surface area contributed by atoms with Gasteiger partial charge in [-0.05, 0) is 76.8 Å². The summed E-state index contributed by atoms with van der Waals surface area (Å²) >= 11 is 4.52. The maximum absolute atomic E-state index is 15.2. The van der Waals surface area contributed by atoms with E-state index in [1.807, 2.05) is 46.4 Å². The smallest absolute Gasteiger partial charge is 0.245 e. The highest BCUT2D eigenvalue weighted by molar-refractivity contribution is 7.80. The number of hydrogen-bond acceptors (Lipinski definition) is 5. The Hall–Kier alpha value is -2.20. The van der Waals surface area contributed by atoms with Gasteiger partial charge in [-0.15, -0.1) is 0 Å². The van der Waals surface area contributed by atoms with Gasteiger partial charge in [0.25, 0.3) is 0 Å². The van der Waals surface area contributed by atoms with E-state index in [0.717, 1.165) is 31.7 Å². The third-order valence-corrected chi connectivity index (χ3v) is 11.0. The highest BCUT2D eigenvalue weighted by atomic mass is 32.1. The van der Waals surface area contributed by atoms with Crippen LogP contribution in [0.25, 0.3) is 0 Å². The van der Waals surface area contributed by atoms with Crippen molar-refractivity contribution in [1.29, 1.82) is 0 Å². The van der Waals surface area contributed by atoms with Crippen molar-refractivity contribution in [2.45, 2.75) is 124 Å². The fourth-order valence-corrected chi connectivity index (χ4v) is 6.96. The zero-order valence-electron chi connectivity index (χ0n) is 29.8. The molecule has 1 aromatic rings. The Bertz CT molecular complexity index is 1240. The number of nitrogens with one attached hydrogen (secondary N) is 1. The Labute approximate surface area is 281 Å². The first-order chi connectivity index (χ1) is 21.2. The fourth-order valence-electron chi connectivity index (χ4n) is 6.82. The third kappa shape index (κ3) is 9.03. The van der Waals surface area contributed by atoms with E-state index in [-0.39, 0.29) is 59.4 Å². The zero-order chi connectivity index (χ0) is 34.8. The van der Waals surface area contributed by atoms with E-state index < -0.39 is 34.9 Å². The number of carbonyl (C=O) groups excluding carboxylic acids is 3. The number of benzene rings is 1. The fraction of sp³-hybridized carbons (Fsp3) is 0.750. The minimum Gasteiger partial charge on any atom is -0.344 e. The van der Waals surface area contributed by atoms with Crippen LogP contribution in [-0.2, 0) is 14.4 Å². The number of likely N-dealkylation sites (N-methyl/N-ethyl adjacent to an activating group) is 1. The monoisotopic (exact) mass is 664 g/mol. The molecule has 1 aromatic carbocycles. The Balaban J connectivity index is 2.04. The number of carbonyl (C=O) groups is 3. The maximum Gasteiger partial charge on any atom is 0.245 e. The summed E-state index contributed by atoms with van der Waals surface area (Å²) in [5.41, 5.74) is -0.579. The first kappa shape index (κ1) is 38.2. The second-order valence-corrected chi connectivity index (χ2v) is 16.4. The number of hydrogen-bond donors (Lipinski definition) is 2. The molecule has 0 unspecified atom stereocenters. The highest BCUT2D eigenvalue weighted by Gasteiger charge is 2.49. The minimum absolute atomic E-state index is 0.00441. The van der Waals surface area contributed by atoms with Gasteiger partial charge in [0, 0.05) is 61.9 Å². The Morgan fingerprint density at radius 3 is 2.22 bits per heavy atom. The lowest BCUT2D eigenvalue weighted by molar-refractivity contribution is -0.147. The van der Waals surface area contributed by atoms with Gasteiger partial charge >= 0.3 is 0 Å². The van der Waals surface area contributed by atoms with Gasteiger partial charge in [-0.1, -0.05) is 40.7 Å². The van der Waals surface area contributed by atoms with Gasteiger partial charge in [-0.2, -0.15) is 12.6 Å². The molecule has 7 nitrogen and oxygen atoms in total. The van der Waals surface area contributed by atoms with Crippen molar-refractivity contribution in [1.82, 2.24) is 20.0 Å². The lowest BCUT2D eigenvalue weighted by Crippen LogP contribution is -2.55. The summed E-state index contributed by atoms with van der Waals surface area (Å²) in [6.45, 7) is 18.9. The normalized spacial score (nSPS) is 22.0. The number of likely N-dealkylation sites (tertiary alicyclic amines) is 1. The molecule has 1 saturated carbocycles. The summed E-state index contributed by atoms with van der Waals surface area (Å²) in [6.07, 6.45) is 4.04. The standard InChI is InChI=1S/C36H58F2N4O3S/c1-11-40(10)32(44)30-19-26(42(33(45)36(8,9)22-46)25-14-16-35(6,7)17-15-25)21-41(30)31(43)23(2)28(20-39-34(3,4)5)27-13-12-24(37)18-29(27)38/h12-13,18,23,25-26,28,30,39,46H,11,14-17,19-22H2,1-10H3/t23-,26+,28-,30+/m1/s1. The summed E-state index contributed by atoms with van der Waals surface area (Å²) < 4.78 is 29.2. The number of amides is 3. The second-order valence-electron chi connectivity index (χ2n) is 16.1. The van der Waals surface area contributed by atoms with E-state index in [4.69, 9.17) is 0 Å². The average Bonchev–Trinajstić information content (AvgIpc) is 3.41. The van der Waals surface area contributed by atoms with Crippen LogP contribution in [0.4, 0.5) is 8.78 Å². The van der Waals surface area contributed by atoms with Crippen molar-refractivity contribution in [2.75, 3.05) is 32.4 Å². The quantitative estimate of drug-likeness (QED) is 0.274. The molecule has 1 saturated heterocycles. The number of rotatable bonds is 11. The average molecular weight is 665 g/mol. The zero-order valence-corrected chi connectivity index (χ0v) is 30.6. The maximum atomic E-state index is 15.2. The molecule has 1 aliphatic carbocycles. The number of thiol groups is 1. The summed E-state index contributed by atoms with van der Waals surface area (Å²) in [5, 5.41) is 3.40. The molecule has 10 heteroatoms. The SMILES string of the molecule is CCN(C)C(=O)[C@@H]1C[C@H](N(C(=O)C(C)(C)CS)C2CCC(C)(C)CC2)CN1C(=O)[C@H](C)[C@@H](CNC(C)(C)C)c1ccc(F)cc1F. The second kappa shape index (κ2) is 14.9. The minimum atomic E-state index is -0.756. The molecule has 3 rings (SSSR count). The van der Waals surface area contributed by atoms with Crippen molar-refractivity contribution < 1.29 is 23.2 Å². The van der Waals surface area contributed by atoms with Crippen molar-refractivity contribution in [2.24, 2.45) is 16.7 Å². The van der Waals surface area contributed by atoms with Crippen LogP contribution >= 0.6 is 12.6 Å². The Morgan fingerprint density at radius 2 is 1.70 bits per heavy atom. The molecule has 3 amide bonds. The van der Waals surface area contributed by atoms with Crippen molar-refractivity contribution in [3.05, 3.63) is 35.4 Å². The summed E-state index contributed by atoms with van der Waals surface area (Å²) in [4.78, 5) is 47.9. The molecule has 0 radical (unpaired) electrons. The predicted octanol–water partition coefficient (Wildman–Crippen LogP) is 6.27. The van der Waals surface area contributed by atoms with Crippen LogP contribution in [0.15, 0.2) is 18.2 Å². The van der Waals surface area contributed by atoms with Gasteiger partial charge in [0.1, 0.15) is 17.7 Å². The summed E-state index contributed by atoms with van der Waals surface area (Å²) in [7, 11) is 1.72.